The highest BCUT2D eigenvalue weighted by Gasteiger charge is 2.39. The molecule has 0 radical (unpaired) electrons. The first-order valence-electron chi connectivity index (χ1n) is 27.9. The summed E-state index contributed by atoms with van der Waals surface area (Å²) in [7, 11) is 0. The molecule has 12 amide bonds. The molecule has 84 heavy (non-hydrogen) atoms. The fraction of sp³-hybridized carbons (Fsp3) is 0.720. The van der Waals surface area contributed by atoms with Gasteiger partial charge in [-0.25, -0.2) is 4.79 Å². The van der Waals surface area contributed by atoms with Gasteiger partial charge in [0.1, 0.15) is 48.3 Å². The van der Waals surface area contributed by atoms with Crippen molar-refractivity contribution in [3.8, 4) is 0 Å². The largest absolute Gasteiger partial charge is 0.480 e. The quantitative estimate of drug-likeness (QED) is 0.0153. The van der Waals surface area contributed by atoms with E-state index in [0.717, 1.165) is 6.92 Å². The van der Waals surface area contributed by atoms with E-state index in [4.69, 9.17) is 34.4 Å². The van der Waals surface area contributed by atoms with Crippen molar-refractivity contribution in [2.24, 2.45) is 39.4 Å². The fourth-order valence-corrected chi connectivity index (χ4v) is 8.36. The molecule has 0 spiro atoms. The monoisotopic (exact) mass is 1200 g/mol. The van der Waals surface area contributed by atoms with E-state index in [1.165, 1.54) is 18.7 Å². The molecule has 34 nitrogen and oxygen atoms in total. The number of guanidine groups is 1. The Morgan fingerprint density at radius 2 is 1.13 bits per heavy atom. The van der Waals surface area contributed by atoms with Gasteiger partial charge in [0.2, 0.25) is 70.9 Å². The number of nitrogens with zero attached hydrogens (tertiary/aromatic N) is 2. The third-order valence-electron chi connectivity index (χ3n) is 13.0. The van der Waals surface area contributed by atoms with Gasteiger partial charge < -0.3 is 108 Å². The highest BCUT2D eigenvalue weighted by molar-refractivity contribution is 5.98. The molecule has 1 heterocycles. The summed E-state index contributed by atoms with van der Waals surface area (Å²) >= 11 is 0. The molecule has 0 aromatic rings. The van der Waals surface area contributed by atoms with Crippen molar-refractivity contribution in [1.29, 1.82) is 0 Å². The molecule has 1 aliphatic rings. The predicted octanol–water partition coefficient (Wildman–Crippen LogP) is -8.71. The van der Waals surface area contributed by atoms with Crippen molar-refractivity contribution in [2.75, 3.05) is 52.4 Å². The smallest absolute Gasteiger partial charge is 0.326 e. The SMILES string of the molecule is CC(=O)NCCCCC(NC(=O)CNC(=O)CNC(=O)C(NC(=O)C(CO)NC(=O)C(N)CCCCN)C(C)O)C(=O)NC(C)C(=O)N1CCCC1C(=O)NC(CCCN=C(N)N)C(=O)NC(CCCCN)C(=O)NC(CCC(N)=O)C(=O)O. The zero-order valence-electron chi connectivity index (χ0n) is 48.0. The number of unbranched alkanes of at least 4 members (excludes halogenated alkanes) is 3. The lowest BCUT2D eigenvalue weighted by Gasteiger charge is -2.30. The second-order valence-corrected chi connectivity index (χ2v) is 20.1. The topological polar surface area (TPSA) is 575 Å². The number of hydrogen-bond donors (Lipinski definition) is 19. The lowest BCUT2D eigenvalue weighted by molar-refractivity contribution is -0.143. The summed E-state index contributed by atoms with van der Waals surface area (Å²) in [6, 6.07) is -12.3. The minimum Gasteiger partial charge on any atom is -0.480 e. The number of aliphatic hydroxyl groups excluding tert-OH is 2. The van der Waals surface area contributed by atoms with E-state index in [1.807, 2.05) is 0 Å². The van der Waals surface area contributed by atoms with Gasteiger partial charge in [-0.2, -0.15) is 0 Å². The van der Waals surface area contributed by atoms with Crippen LogP contribution in [0.4, 0.5) is 0 Å². The number of carboxylic acids is 1. The fourth-order valence-electron chi connectivity index (χ4n) is 8.36. The number of aliphatic hydroxyl groups is 2. The molecule has 10 atom stereocenters. The molecule has 10 unspecified atom stereocenters. The summed E-state index contributed by atoms with van der Waals surface area (Å²) in [4.78, 5) is 174. The first-order chi connectivity index (χ1) is 39.7. The van der Waals surface area contributed by atoms with Gasteiger partial charge in [-0.05, 0) is 110 Å². The first kappa shape index (κ1) is 74.2. The minimum atomic E-state index is -1.68. The zero-order chi connectivity index (χ0) is 63.5. The Hall–Kier alpha value is -7.82. The van der Waals surface area contributed by atoms with Crippen molar-refractivity contribution in [1.82, 2.24) is 58.1 Å². The van der Waals surface area contributed by atoms with Crippen LogP contribution in [0.25, 0.3) is 0 Å². The van der Waals surface area contributed by atoms with E-state index in [0.29, 0.717) is 45.1 Å². The molecular formula is C50H90N18O16. The van der Waals surface area contributed by atoms with E-state index in [-0.39, 0.29) is 95.8 Å². The van der Waals surface area contributed by atoms with Gasteiger partial charge in [-0.1, -0.05) is 6.42 Å². The van der Waals surface area contributed by atoms with Crippen LogP contribution in [0, 0.1) is 0 Å². The third-order valence-corrected chi connectivity index (χ3v) is 13.0. The van der Waals surface area contributed by atoms with Gasteiger partial charge >= 0.3 is 5.97 Å². The summed E-state index contributed by atoms with van der Waals surface area (Å²) < 4.78 is 0. The van der Waals surface area contributed by atoms with Crippen molar-refractivity contribution in [2.45, 2.75) is 178 Å². The first-order valence-corrected chi connectivity index (χ1v) is 27.9. The maximum absolute atomic E-state index is 14.1. The number of hydrogen-bond acceptors (Lipinski definition) is 19. The normalized spacial score (nSPS) is 16.0. The average Bonchev–Trinajstić information content (AvgIpc) is 4.18. The van der Waals surface area contributed by atoms with Crippen LogP contribution in [0.2, 0.25) is 0 Å². The zero-order valence-corrected chi connectivity index (χ0v) is 48.0. The maximum Gasteiger partial charge on any atom is 0.326 e. The number of nitrogens with one attached hydrogen (secondary N) is 10. The Labute approximate surface area is 486 Å². The number of carbonyl (C=O) groups is 13. The van der Waals surface area contributed by atoms with E-state index in [1.54, 1.807) is 0 Å². The summed E-state index contributed by atoms with van der Waals surface area (Å²) in [5, 5.41) is 53.9. The Morgan fingerprint density at radius 1 is 0.595 bits per heavy atom. The Morgan fingerprint density at radius 3 is 1.70 bits per heavy atom. The Bertz CT molecular complexity index is 2260. The Kier molecular flexibility index (Phi) is 35.7. The van der Waals surface area contributed by atoms with Crippen LogP contribution in [-0.2, 0) is 62.3 Å². The molecule has 0 aromatic carbocycles. The van der Waals surface area contributed by atoms with Gasteiger partial charge in [0.15, 0.2) is 5.96 Å². The van der Waals surface area contributed by atoms with Crippen LogP contribution < -0.4 is 87.6 Å². The molecule has 1 rings (SSSR count). The number of primary amides is 1. The van der Waals surface area contributed by atoms with E-state index < -0.39 is 151 Å². The maximum atomic E-state index is 14.1. The van der Waals surface area contributed by atoms with E-state index in [2.05, 4.69) is 58.2 Å². The highest BCUT2D eigenvalue weighted by atomic mass is 16.4. The molecule has 0 bridgehead atoms. The van der Waals surface area contributed by atoms with Gasteiger partial charge in [0, 0.05) is 33.0 Å². The highest BCUT2D eigenvalue weighted by Crippen LogP contribution is 2.20. The third kappa shape index (κ3) is 29.4. The van der Waals surface area contributed by atoms with Gasteiger partial charge in [0.05, 0.1) is 31.8 Å². The van der Waals surface area contributed by atoms with Crippen LogP contribution in [-0.4, -0.2) is 216 Å². The van der Waals surface area contributed by atoms with Crippen molar-refractivity contribution < 1.29 is 77.6 Å². The summed E-state index contributed by atoms with van der Waals surface area (Å²) in [5.41, 5.74) is 33.1. The molecule has 25 N–H and O–H groups in total. The molecule has 34 heteroatoms. The standard InChI is InChI=1S/C50H90N18O16/c1-27(48(82)68-23-11-16-36(68)46(80)64-33(15-10-22-58-50(55)56)43(77)63-32(13-5-8-20-52)44(78)65-34(49(83)84)17-18-37(54)72)61-42(76)31(14-6-9-21-57-29(3)71)62-39(74)25-59-38(73)24-60-47(81)40(28(2)70)67-45(79)35(26-69)66-41(75)30(53)12-4-7-19-51/h27-28,30-36,40,69-70H,4-26,51-53H2,1-3H3,(H2,54,72)(H,57,71)(H,59,73)(H,60,81)(H,61,76)(H,62,74)(H,63,77)(H,64,80)(H,65,78)(H,66,75)(H,67,79)(H,83,84)(H4,55,56,58). The molecule has 0 aromatic heterocycles. The van der Waals surface area contributed by atoms with Gasteiger partial charge in [0.25, 0.3) is 0 Å². The van der Waals surface area contributed by atoms with Crippen LogP contribution >= 0.6 is 0 Å². The van der Waals surface area contributed by atoms with Crippen LogP contribution in [0.5, 0.6) is 0 Å². The van der Waals surface area contributed by atoms with Gasteiger partial charge in [-0.3, -0.25) is 62.5 Å². The number of aliphatic carboxylic acids is 1. The number of likely N-dealkylation sites (tertiary alicyclic amines) is 1. The number of nitrogens with two attached hydrogens (primary N) is 6. The molecule has 1 aliphatic heterocycles. The lowest BCUT2D eigenvalue weighted by Crippen LogP contribution is -2.59. The summed E-state index contributed by atoms with van der Waals surface area (Å²) in [5.74, 6) is -11.5. The molecular weight excluding hydrogens is 1110 g/mol. The summed E-state index contributed by atoms with van der Waals surface area (Å²) in [6.45, 7) is 2.34. The number of carbonyl (C=O) groups excluding carboxylic acids is 12. The van der Waals surface area contributed by atoms with Gasteiger partial charge in [-0.15, -0.1) is 0 Å². The second-order valence-electron chi connectivity index (χ2n) is 20.1. The van der Waals surface area contributed by atoms with Crippen LogP contribution in [0.15, 0.2) is 4.99 Å². The van der Waals surface area contributed by atoms with E-state index >= 15 is 0 Å². The molecule has 0 aliphatic carbocycles. The average molecular weight is 1200 g/mol. The summed E-state index contributed by atoms with van der Waals surface area (Å²) in [6.07, 6.45) is 1.03. The number of rotatable bonds is 42. The minimum absolute atomic E-state index is 0.00495. The molecule has 1 saturated heterocycles. The van der Waals surface area contributed by atoms with Crippen LogP contribution in [0.1, 0.15) is 117 Å². The van der Waals surface area contributed by atoms with Crippen molar-refractivity contribution in [3.05, 3.63) is 0 Å². The number of amides is 12. The van der Waals surface area contributed by atoms with Crippen molar-refractivity contribution in [3.63, 3.8) is 0 Å². The second kappa shape index (κ2) is 40.4. The molecule has 476 valence electrons. The molecule has 1 fully saturated rings. The van der Waals surface area contributed by atoms with Crippen molar-refractivity contribution >= 4 is 82.8 Å². The lowest BCUT2D eigenvalue weighted by atomic mass is 10.0. The van der Waals surface area contributed by atoms with Crippen LogP contribution in [0.3, 0.4) is 0 Å². The van der Waals surface area contributed by atoms with E-state index in [9.17, 15) is 77.6 Å². The molecule has 0 saturated carbocycles. The predicted molar refractivity (Wildman–Crippen MR) is 301 cm³/mol. The number of aliphatic imine (C=N–C) groups is 1. The number of carboxylic acid groups (broad SMARTS) is 1. The Balaban J connectivity index is 3.17.